The van der Waals surface area contributed by atoms with E-state index in [4.69, 9.17) is 14.1 Å². The smallest absolute Gasteiger partial charge is 0.218 e. The van der Waals surface area contributed by atoms with Gasteiger partial charge in [0.25, 0.3) is 0 Å². The fraction of sp³-hybridized carbons (Fsp3) is 0.529. The van der Waals surface area contributed by atoms with Crippen molar-refractivity contribution < 1.29 is 9.15 Å². The van der Waals surface area contributed by atoms with E-state index in [9.17, 15) is 0 Å². The second-order valence-electron chi connectivity index (χ2n) is 5.65. The number of rotatable bonds is 6. The standard InChI is InChI=1S/C17H23N3O2/c1-2-21-16-11-15(18-12-14-9-6-10-22-14)19-17(20-16)13-7-4-3-5-8-13/h6,9-11,13H,2-5,7-8,12H2,1H3,(H,18,19,20). The molecule has 2 aromatic rings. The Morgan fingerprint density at radius 2 is 2.14 bits per heavy atom. The first-order chi connectivity index (χ1) is 10.8. The summed E-state index contributed by atoms with van der Waals surface area (Å²) in [5.74, 6) is 3.71. The zero-order valence-electron chi connectivity index (χ0n) is 13.0. The average molecular weight is 301 g/mol. The first-order valence-electron chi connectivity index (χ1n) is 8.13. The second kappa shape index (κ2) is 7.29. The van der Waals surface area contributed by atoms with Crippen molar-refractivity contribution in [2.24, 2.45) is 0 Å². The Balaban J connectivity index is 1.76. The number of anilines is 1. The van der Waals surface area contributed by atoms with Crippen LogP contribution in [0, 0.1) is 0 Å². The highest BCUT2D eigenvalue weighted by molar-refractivity contribution is 5.39. The highest BCUT2D eigenvalue weighted by Crippen LogP contribution is 2.32. The van der Waals surface area contributed by atoms with Crippen LogP contribution < -0.4 is 10.1 Å². The normalized spacial score (nSPS) is 15.7. The van der Waals surface area contributed by atoms with Gasteiger partial charge in [-0.25, -0.2) is 4.98 Å². The van der Waals surface area contributed by atoms with Gasteiger partial charge in [0.1, 0.15) is 17.4 Å². The molecule has 2 aromatic heterocycles. The molecule has 2 heterocycles. The van der Waals surface area contributed by atoms with Crippen LogP contribution in [0.4, 0.5) is 5.82 Å². The maximum atomic E-state index is 5.60. The highest BCUT2D eigenvalue weighted by atomic mass is 16.5. The van der Waals surface area contributed by atoms with Crippen molar-refractivity contribution in [1.82, 2.24) is 9.97 Å². The molecule has 0 unspecified atom stereocenters. The number of nitrogens with zero attached hydrogens (tertiary/aromatic N) is 2. The number of ether oxygens (including phenoxy) is 1. The van der Waals surface area contributed by atoms with Gasteiger partial charge in [-0.15, -0.1) is 0 Å². The van der Waals surface area contributed by atoms with Crippen LogP contribution in [0.5, 0.6) is 5.88 Å². The van der Waals surface area contributed by atoms with Crippen LogP contribution in [0.2, 0.25) is 0 Å². The zero-order chi connectivity index (χ0) is 15.2. The summed E-state index contributed by atoms with van der Waals surface area (Å²) in [7, 11) is 0. The molecule has 1 saturated carbocycles. The largest absolute Gasteiger partial charge is 0.478 e. The molecule has 1 aliphatic carbocycles. The molecule has 0 amide bonds. The van der Waals surface area contributed by atoms with Crippen molar-refractivity contribution in [3.05, 3.63) is 36.0 Å². The van der Waals surface area contributed by atoms with E-state index in [-0.39, 0.29) is 0 Å². The van der Waals surface area contributed by atoms with Crippen molar-refractivity contribution in [2.75, 3.05) is 11.9 Å². The lowest BCUT2D eigenvalue weighted by Gasteiger charge is -2.21. The predicted octanol–water partition coefficient (Wildman–Crippen LogP) is 4.13. The number of furan rings is 1. The van der Waals surface area contributed by atoms with Gasteiger partial charge in [0.2, 0.25) is 5.88 Å². The molecule has 1 N–H and O–H groups in total. The van der Waals surface area contributed by atoms with E-state index in [0.717, 1.165) is 17.4 Å². The van der Waals surface area contributed by atoms with Gasteiger partial charge in [0, 0.05) is 12.0 Å². The Morgan fingerprint density at radius 1 is 1.27 bits per heavy atom. The van der Waals surface area contributed by atoms with Gasteiger partial charge in [-0.3, -0.25) is 0 Å². The fourth-order valence-electron chi connectivity index (χ4n) is 2.89. The summed E-state index contributed by atoms with van der Waals surface area (Å²) in [6, 6.07) is 5.69. The zero-order valence-corrected chi connectivity index (χ0v) is 13.0. The van der Waals surface area contributed by atoms with Gasteiger partial charge in [0.05, 0.1) is 19.4 Å². The Labute approximate surface area is 131 Å². The molecule has 0 atom stereocenters. The molecular weight excluding hydrogens is 278 g/mol. The molecule has 118 valence electrons. The predicted molar refractivity (Wildman–Crippen MR) is 85.1 cm³/mol. The maximum Gasteiger partial charge on any atom is 0.218 e. The molecule has 1 fully saturated rings. The van der Waals surface area contributed by atoms with Gasteiger partial charge >= 0.3 is 0 Å². The summed E-state index contributed by atoms with van der Waals surface area (Å²) in [5.41, 5.74) is 0. The fourth-order valence-corrected chi connectivity index (χ4v) is 2.89. The Hall–Kier alpha value is -2.04. The van der Waals surface area contributed by atoms with Crippen molar-refractivity contribution >= 4 is 5.82 Å². The topological polar surface area (TPSA) is 60.2 Å². The van der Waals surface area contributed by atoms with E-state index in [2.05, 4.69) is 10.3 Å². The third-order valence-electron chi connectivity index (χ3n) is 4.01. The molecule has 0 aliphatic heterocycles. The van der Waals surface area contributed by atoms with Crippen molar-refractivity contribution in [1.29, 1.82) is 0 Å². The lowest BCUT2D eigenvalue weighted by molar-refractivity contribution is 0.322. The summed E-state index contributed by atoms with van der Waals surface area (Å²) in [4.78, 5) is 9.29. The van der Waals surface area contributed by atoms with E-state index < -0.39 is 0 Å². The molecule has 0 spiro atoms. The first-order valence-corrected chi connectivity index (χ1v) is 8.13. The van der Waals surface area contributed by atoms with E-state index in [1.165, 1.54) is 32.1 Å². The molecular formula is C17H23N3O2. The van der Waals surface area contributed by atoms with Gasteiger partial charge in [-0.05, 0) is 31.9 Å². The molecule has 0 radical (unpaired) electrons. The number of nitrogens with one attached hydrogen (secondary N) is 1. The van der Waals surface area contributed by atoms with E-state index >= 15 is 0 Å². The van der Waals surface area contributed by atoms with Gasteiger partial charge in [0.15, 0.2) is 0 Å². The summed E-state index contributed by atoms with van der Waals surface area (Å²) in [6.45, 7) is 3.19. The van der Waals surface area contributed by atoms with Crippen LogP contribution in [-0.4, -0.2) is 16.6 Å². The van der Waals surface area contributed by atoms with E-state index in [0.29, 0.717) is 24.9 Å². The van der Waals surface area contributed by atoms with Crippen molar-refractivity contribution in [3.63, 3.8) is 0 Å². The third-order valence-corrected chi connectivity index (χ3v) is 4.01. The molecule has 0 bridgehead atoms. The molecule has 0 aromatic carbocycles. The van der Waals surface area contributed by atoms with Crippen molar-refractivity contribution in [2.45, 2.75) is 51.5 Å². The number of hydrogen-bond acceptors (Lipinski definition) is 5. The van der Waals surface area contributed by atoms with Crippen LogP contribution >= 0.6 is 0 Å². The molecule has 5 nitrogen and oxygen atoms in total. The van der Waals surface area contributed by atoms with E-state index in [1.54, 1.807) is 6.26 Å². The lowest BCUT2D eigenvalue weighted by atomic mass is 9.89. The minimum absolute atomic E-state index is 0.457. The average Bonchev–Trinajstić information content (AvgIpc) is 3.07. The summed E-state index contributed by atoms with van der Waals surface area (Å²) < 4.78 is 10.9. The Bertz CT molecular complexity index is 578. The van der Waals surface area contributed by atoms with Gasteiger partial charge in [-0.2, -0.15) is 4.98 Å². The minimum atomic E-state index is 0.457. The third kappa shape index (κ3) is 3.78. The Kier molecular flexibility index (Phi) is 4.93. The van der Waals surface area contributed by atoms with Crippen LogP contribution in [0.25, 0.3) is 0 Å². The van der Waals surface area contributed by atoms with Crippen molar-refractivity contribution in [3.8, 4) is 5.88 Å². The molecule has 22 heavy (non-hydrogen) atoms. The first kappa shape index (κ1) is 14.9. The number of aromatic nitrogens is 2. The monoisotopic (exact) mass is 301 g/mol. The van der Waals surface area contributed by atoms with Gasteiger partial charge < -0.3 is 14.5 Å². The number of hydrogen-bond donors (Lipinski definition) is 1. The quantitative estimate of drug-likeness (QED) is 0.869. The molecule has 0 saturated heterocycles. The summed E-state index contributed by atoms with van der Waals surface area (Å²) in [6.07, 6.45) is 7.88. The van der Waals surface area contributed by atoms with Gasteiger partial charge in [-0.1, -0.05) is 19.3 Å². The lowest BCUT2D eigenvalue weighted by Crippen LogP contribution is -2.12. The molecule has 1 aliphatic rings. The van der Waals surface area contributed by atoms with Crippen LogP contribution in [0.3, 0.4) is 0 Å². The molecule has 5 heteroatoms. The van der Waals surface area contributed by atoms with E-state index in [1.807, 2.05) is 25.1 Å². The van der Waals surface area contributed by atoms with Crippen LogP contribution in [0.1, 0.15) is 56.5 Å². The van der Waals surface area contributed by atoms with Crippen LogP contribution in [0.15, 0.2) is 28.9 Å². The highest BCUT2D eigenvalue weighted by Gasteiger charge is 2.19. The maximum absolute atomic E-state index is 5.60. The van der Waals surface area contributed by atoms with Crippen LogP contribution in [-0.2, 0) is 6.54 Å². The SMILES string of the molecule is CCOc1cc(NCc2ccco2)nc(C2CCCCC2)n1. The summed E-state index contributed by atoms with van der Waals surface area (Å²) in [5, 5.41) is 3.30. The second-order valence-corrected chi connectivity index (χ2v) is 5.65. The summed E-state index contributed by atoms with van der Waals surface area (Å²) >= 11 is 0. The Morgan fingerprint density at radius 3 is 2.86 bits per heavy atom. The minimum Gasteiger partial charge on any atom is -0.478 e. The molecule has 3 rings (SSSR count).